The van der Waals surface area contributed by atoms with Crippen LogP contribution < -0.4 is 14.2 Å². The minimum absolute atomic E-state index is 0.0604. The Morgan fingerprint density at radius 3 is 2.31 bits per heavy atom. The predicted molar refractivity (Wildman–Crippen MR) is 110 cm³/mol. The van der Waals surface area contributed by atoms with Crippen molar-refractivity contribution in [1.29, 1.82) is 0 Å². The molecule has 0 bridgehead atoms. The molecule has 0 atom stereocenters. The monoisotopic (exact) mass is 402 g/mol. The van der Waals surface area contributed by atoms with Gasteiger partial charge >= 0.3 is 0 Å². The van der Waals surface area contributed by atoms with Crippen LogP contribution in [0.2, 0.25) is 0 Å². The highest BCUT2D eigenvalue weighted by atomic mass is 16.5. The fourth-order valence-electron chi connectivity index (χ4n) is 3.81. The molecule has 29 heavy (non-hydrogen) atoms. The Bertz CT molecular complexity index is 773. The van der Waals surface area contributed by atoms with Gasteiger partial charge in [0.25, 0.3) is 0 Å². The minimum atomic E-state index is 0.0604. The van der Waals surface area contributed by atoms with Crippen molar-refractivity contribution in [1.82, 2.24) is 9.80 Å². The second-order valence-electron chi connectivity index (χ2n) is 7.35. The van der Waals surface area contributed by atoms with Gasteiger partial charge in [-0.15, -0.1) is 0 Å². The van der Waals surface area contributed by atoms with Crippen LogP contribution in [0.15, 0.2) is 34.9 Å². The number of carbonyl (C=O) groups excluding carboxylic acids is 1. The van der Waals surface area contributed by atoms with Crippen molar-refractivity contribution in [3.63, 3.8) is 0 Å². The smallest absolute Gasteiger partial charge is 0.227 e. The molecular weight excluding hydrogens is 372 g/mol. The number of hydrogen-bond donors (Lipinski definition) is 0. The first-order valence-corrected chi connectivity index (χ1v) is 9.85. The van der Waals surface area contributed by atoms with Gasteiger partial charge in [-0.25, -0.2) is 0 Å². The third-order valence-corrected chi connectivity index (χ3v) is 5.44. The van der Waals surface area contributed by atoms with Gasteiger partial charge in [-0.3, -0.25) is 4.79 Å². The van der Waals surface area contributed by atoms with Gasteiger partial charge in [-0.05, 0) is 62.8 Å². The molecule has 158 valence electrons. The molecule has 1 aliphatic rings. The molecule has 2 aromatic rings. The van der Waals surface area contributed by atoms with E-state index in [9.17, 15) is 4.79 Å². The summed E-state index contributed by atoms with van der Waals surface area (Å²) in [5.74, 6) is 2.47. The van der Waals surface area contributed by atoms with Gasteiger partial charge in [0.05, 0.1) is 40.6 Å². The van der Waals surface area contributed by atoms with Crippen LogP contribution in [0.4, 0.5) is 0 Å². The molecule has 1 aromatic heterocycles. The van der Waals surface area contributed by atoms with Crippen LogP contribution in [-0.4, -0.2) is 63.2 Å². The van der Waals surface area contributed by atoms with E-state index in [4.69, 9.17) is 18.6 Å². The van der Waals surface area contributed by atoms with E-state index in [0.717, 1.165) is 37.3 Å². The summed E-state index contributed by atoms with van der Waals surface area (Å²) in [5.41, 5.74) is 0.821. The number of carbonyl (C=O) groups is 1. The highest BCUT2D eigenvalue weighted by molar-refractivity contribution is 5.79. The summed E-state index contributed by atoms with van der Waals surface area (Å²) < 4.78 is 21.7. The lowest BCUT2D eigenvalue weighted by Gasteiger charge is -2.37. The predicted octanol–water partition coefficient (Wildman–Crippen LogP) is 2.97. The second kappa shape index (κ2) is 9.69. The van der Waals surface area contributed by atoms with Gasteiger partial charge in [-0.1, -0.05) is 0 Å². The summed E-state index contributed by atoms with van der Waals surface area (Å²) in [6.07, 6.45) is 3.81. The molecule has 1 aromatic carbocycles. The Morgan fingerprint density at radius 1 is 1.14 bits per heavy atom. The van der Waals surface area contributed by atoms with E-state index in [-0.39, 0.29) is 18.4 Å². The maximum atomic E-state index is 13.3. The summed E-state index contributed by atoms with van der Waals surface area (Å²) >= 11 is 0. The standard InChI is InChI=1S/C22H30N2O5/c1-23-9-7-17(8-10-23)24(15-18-6-5-11-29-18)21(25)14-16-12-19(26-2)22(28-4)20(13-16)27-3/h5-6,11-13,17H,7-10,14-15H2,1-4H3. The van der Waals surface area contributed by atoms with E-state index in [1.807, 2.05) is 29.2 Å². The molecule has 0 aliphatic carbocycles. The summed E-state index contributed by atoms with van der Waals surface area (Å²) in [6.45, 7) is 2.44. The van der Waals surface area contributed by atoms with Gasteiger partial charge in [0.1, 0.15) is 5.76 Å². The highest BCUT2D eigenvalue weighted by Crippen LogP contribution is 2.38. The van der Waals surface area contributed by atoms with Crippen molar-refractivity contribution in [2.24, 2.45) is 0 Å². The molecule has 7 nitrogen and oxygen atoms in total. The van der Waals surface area contributed by atoms with E-state index in [2.05, 4.69) is 11.9 Å². The lowest BCUT2D eigenvalue weighted by Crippen LogP contribution is -2.46. The van der Waals surface area contributed by atoms with Crippen LogP contribution in [0.3, 0.4) is 0 Å². The summed E-state index contributed by atoms with van der Waals surface area (Å²) in [5, 5.41) is 0. The molecule has 3 rings (SSSR count). The molecule has 0 radical (unpaired) electrons. The van der Waals surface area contributed by atoms with Gasteiger partial charge in [0.15, 0.2) is 11.5 Å². The van der Waals surface area contributed by atoms with E-state index >= 15 is 0 Å². The zero-order valence-corrected chi connectivity index (χ0v) is 17.6. The van der Waals surface area contributed by atoms with Crippen LogP contribution in [0.5, 0.6) is 17.2 Å². The third kappa shape index (κ3) is 5.03. The Labute approximate surface area is 172 Å². The Hall–Kier alpha value is -2.67. The van der Waals surface area contributed by atoms with Gasteiger partial charge in [-0.2, -0.15) is 0 Å². The summed E-state index contributed by atoms with van der Waals surface area (Å²) in [6, 6.07) is 7.63. The molecule has 0 spiro atoms. The normalized spacial score (nSPS) is 15.2. The van der Waals surface area contributed by atoms with Crippen LogP contribution >= 0.6 is 0 Å². The Balaban J connectivity index is 1.82. The van der Waals surface area contributed by atoms with Crippen molar-refractivity contribution < 1.29 is 23.4 Å². The Morgan fingerprint density at radius 2 is 1.79 bits per heavy atom. The number of piperidine rings is 1. The number of hydrogen-bond acceptors (Lipinski definition) is 6. The lowest BCUT2D eigenvalue weighted by atomic mass is 10.0. The quantitative estimate of drug-likeness (QED) is 0.676. The van der Waals surface area contributed by atoms with Crippen molar-refractivity contribution in [3.05, 3.63) is 41.9 Å². The molecule has 1 aliphatic heterocycles. The molecular formula is C22H30N2O5. The zero-order chi connectivity index (χ0) is 20.8. The number of furan rings is 1. The molecule has 1 fully saturated rings. The first kappa shape index (κ1) is 21.0. The molecule has 7 heteroatoms. The van der Waals surface area contributed by atoms with Crippen LogP contribution in [-0.2, 0) is 17.8 Å². The van der Waals surface area contributed by atoms with Crippen LogP contribution in [0.1, 0.15) is 24.2 Å². The molecule has 1 amide bonds. The van der Waals surface area contributed by atoms with Crippen molar-refractivity contribution in [3.8, 4) is 17.2 Å². The minimum Gasteiger partial charge on any atom is -0.493 e. The number of ether oxygens (including phenoxy) is 3. The average molecular weight is 402 g/mol. The SMILES string of the molecule is COc1cc(CC(=O)N(Cc2ccco2)C2CCN(C)CC2)cc(OC)c1OC. The molecule has 0 unspecified atom stereocenters. The first-order chi connectivity index (χ1) is 14.0. The second-order valence-corrected chi connectivity index (χ2v) is 7.35. The first-order valence-electron chi connectivity index (χ1n) is 9.85. The van der Waals surface area contributed by atoms with E-state index in [1.54, 1.807) is 27.6 Å². The topological polar surface area (TPSA) is 64.4 Å². The number of rotatable bonds is 8. The maximum absolute atomic E-state index is 13.3. The number of benzene rings is 1. The fraction of sp³-hybridized carbons (Fsp3) is 0.500. The molecule has 0 saturated carbocycles. The van der Waals surface area contributed by atoms with Crippen molar-refractivity contribution in [2.45, 2.75) is 31.8 Å². The van der Waals surface area contributed by atoms with Gasteiger partial charge < -0.3 is 28.4 Å². The maximum Gasteiger partial charge on any atom is 0.227 e. The number of likely N-dealkylation sites (tertiary alicyclic amines) is 1. The van der Waals surface area contributed by atoms with E-state index in [0.29, 0.717) is 23.8 Å². The number of methoxy groups -OCH3 is 3. The number of amides is 1. The summed E-state index contributed by atoms with van der Waals surface area (Å²) in [7, 11) is 6.83. The Kier molecular flexibility index (Phi) is 7.04. The van der Waals surface area contributed by atoms with Gasteiger partial charge in [0.2, 0.25) is 11.7 Å². The van der Waals surface area contributed by atoms with E-state index < -0.39 is 0 Å². The van der Waals surface area contributed by atoms with Crippen molar-refractivity contribution >= 4 is 5.91 Å². The third-order valence-electron chi connectivity index (χ3n) is 5.44. The molecule has 2 heterocycles. The molecule has 0 N–H and O–H groups in total. The average Bonchev–Trinajstić information content (AvgIpc) is 3.25. The van der Waals surface area contributed by atoms with E-state index in [1.165, 1.54) is 0 Å². The summed E-state index contributed by atoms with van der Waals surface area (Å²) in [4.78, 5) is 17.6. The fourth-order valence-corrected chi connectivity index (χ4v) is 3.81. The van der Waals surface area contributed by atoms with Crippen LogP contribution in [0.25, 0.3) is 0 Å². The lowest BCUT2D eigenvalue weighted by molar-refractivity contribution is -0.134. The molecule has 1 saturated heterocycles. The number of nitrogens with zero attached hydrogens (tertiary/aromatic N) is 2. The van der Waals surface area contributed by atoms with Crippen LogP contribution in [0, 0.1) is 0 Å². The highest BCUT2D eigenvalue weighted by Gasteiger charge is 2.28. The zero-order valence-electron chi connectivity index (χ0n) is 17.6. The van der Waals surface area contributed by atoms with Crippen molar-refractivity contribution in [2.75, 3.05) is 41.5 Å². The van der Waals surface area contributed by atoms with Gasteiger partial charge in [0, 0.05) is 6.04 Å². The largest absolute Gasteiger partial charge is 0.493 e.